The summed E-state index contributed by atoms with van der Waals surface area (Å²) in [5, 5.41) is 25.8. The minimum Gasteiger partial charge on any atom is -0.507 e. The van der Waals surface area contributed by atoms with E-state index in [9.17, 15) is 10.2 Å². The maximum atomic E-state index is 11.0. The van der Waals surface area contributed by atoms with Gasteiger partial charge in [0.2, 0.25) is 0 Å². The normalized spacial score (nSPS) is 15.3. The molecular formula is C23H26N2O2. The molecular weight excluding hydrogens is 336 g/mol. The van der Waals surface area contributed by atoms with Gasteiger partial charge in [0.25, 0.3) is 0 Å². The van der Waals surface area contributed by atoms with Crippen molar-refractivity contribution in [3.63, 3.8) is 0 Å². The highest BCUT2D eigenvalue weighted by Gasteiger charge is 2.34. The number of benzene rings is 3. The van der Waals surface area contributed by atoms with Crippen molar-refractivity contribution < 1.29 is 10.2 Å². The molecule has 0 aromatic heterocycles. The largest absolute Gasteiger partial charge is 0.507 e. The Hall–Kier alpha value is -2.62. The van der Waals surface area contributed by atoms with Gasteiger partial charge in [-0.15, -0.1) is 0 Å². The van der Waals surface area contributed by atoms with E-state index in [0.29, 0.717) is 38.7 Å². The molecule has 140 valence electrons. The van der Waals surface area contributed by atoms with Gasteiger partial charge in [-0.2, -0.15) is 0 Å². The summed E-state index contributed by atoms with van der Waals surface area (Å²) in [6.07, 6.45) is 1.73. The number of fused-ring (bicyclic) bond motifs is 4. The highest BCUT2D eigenvalue weighted by atomic mass is 16.3. The van der Waals surface area contributed by atoms with Gasteiger partial charge < -0.3 is 10.2 Å². The first-order chi connectivity index (χ1) is 12.8. The predicted octanol–water partition coefficient (Wildman–Crippen LogP) is 4.45. The molecule has 0 radical (unpaired) electrons. The zero-order valence-electron chi connectivity index (χ0n) is 16.3. The molecule has 4 rings (SSSR count). The van der Waals surface area contributed by atoms with Crippen LogP contribution in [0.2, 0.25) is 0 Å². The standard InChI is InChI=1S/C23H26N2O2/c1-13(2)11-23(12-14(3)4)24-18-10-9-17-19(20(18)25-23)22(27)16-8-6-5-7-15(16)21(17)26/h5-10,13-14,26-27H,11-12H2,1-4H3. The minimum atomic E-state index is -0.493. The van der Waals surface area contributed by atoms with Crippen molar-refractivity contribution in [2.45, 2.75) is 46.2 Å². The van der Waals surface area contributed by atoms with Gasteiger partial charge in [0, 0.05) is 16.2 Å². The molecule has 0 aliphatic carbocycles. The molecule has 0 bridgehead atoms. The fourth-order valence-electron chi connectivity index (χ4n) is 4.43. The summed E-state index contributed by atoms with van der Waals surface area (Å²) in [7, 11) is 0. The van der Waals surface area contributed by atoms with Gasteiger partial charge in [0.15, 0.2) is 5.66 Å². The first-order valence-electron chi connectivity index (χ1n) is 9.66. The molecule has 0 saturated carbocycles. The Morgan fingerprint density at radius 3 is 1.96 bits per heavy atom. The van der Waals surface area contributed by atoms with Crippen LogP contribution in [0.1, 0.15) is 40.5 Å². The second-order valence-electron chi connectivity index (χ2n) is 8.50. The zero-order chi connectivity index (χ0) is 19.3. The number of phenols is 2. The minimum absolute atomic E-state index is 0.166. The van der Waals surface area contributed by atoms with Crippen molar-refractivity contribution in [3.8, 4) is 11.5 Å². The van der Waals surface area contributed by atoms with E-state index in [2.05, 4.69) is 27.7 Å². The number of hydrogen-bond acceptors (Lipinski definition) is 4. The van der Waals surface area contributed by atoms with Crippen molar-refractivity contribution in [2.75, 3.05) is 0 Å². The van der Waals surface area contributed by atoms with E-state index >= 15 is 0 Å². The lowest BCUT2D eigenvalue weighted by atomic mass is 9.90. The summed E-state index contributed by atoms with van der Waals surface area (Å²) in [5.41, 5.74) is -0.493. The average Bonchev–Trinajstić information content (AvgIpc) is 2.94. The van der Waals surface area contributed by atoms with E-state index in [-0.39, 0.29) is 11.5 Å². The van der Waals surface area contributed by atoms with Crippen LogP contribution in [0.25, 0.3) is 21.5 Å². The molecule has 0 spiro atoms. The third-order valence-electron chi connectivity index (χ3n) is 5.20. The Kier molecular flexibility index (Phi) is 4.10. The SMILES string of the molecule is CC(C)CC1(CC(C)C)N=c2ccc3c(O)c4ccccc4c(O)c3c2=N1. The summed E-state index contributed by atoms with van der Waals surface area (Å²) in [5.74, 6) is 1.26. The lowest BCUT2D eigenvalue weighted by Gasteiger charge is -2.27. The maximum absolute atomic E-state index is 11.0. The van der Waals surface area contributed by atoms with E-state index in [0.717, 1.165) is 18.2 Å². The molecule has 0 amide bonds. The van der Waals surface area contributed by atoms with Gasteiger partial charge in [-0.05, 0) is 36.8 Å². The fraction of sp³-hybridized carbons (Fsp3) is 0.391. The van der Waals surface area contributed by atoms with E-state index in [1.165, 1.54) is 0 Å². The molecule has 2 N–H and O–H groups in total. The summed E-state index contributed by atoms with van der Waals surface area (Å²) < 4.78 is 0. The Bertz CT molecular complexity index is 1150. The quantitative estimate of drug-likeness (QED) is 0.532. The Labute approximate surface area is 158 Å². The second-order valence-corrected chi connectivity index (χ2v) is 8.50. The van der Waals surface area contributed by atoms with Gasteiger partial charge in [-0.3, -0.25) is 9.98 Å². The van der Waals surface area contributed by atoms with Gasteiger partial charge in [-0.25, -0.2) is 0 Å². The van der Waals surface area contributed by atoms with Crippen LogP contribution in [0.3, 0.4) is 0 Å². The van der Waals surface area contributed by atoms with Crippen LogP contribution in [0.5, 0.6) is 11.5 Å². The number of phenolic OH excluding ortho intramolecular Hbond substituents is 2. The van der Waals surface area contributed by atoms with Crippen molar-refractivity contribution in [1.82, 2.24) is 0 Å². The zero-order valence-corrected chi connectivity index (χ0v) is 16.3. The van der Waals surface area contributed by atoms with E-state index in [1.54, 1.807) is 0 Å². The molecule has 3 aromatic carbocycles. The molecule has 1 aliphatic heterocycles. The molecule has 0 fully saturated rings. The van der Waals surface area contributed by atoms with Crippen LogP contribution in [0.4, 0.5) is 0 Å². The van der Waals surface area contributed by atoms with Gasteiger partial charge in [-0.1, -0.05) is 52.0 Å². The van der Waals surface area contributed by atoms with Crippen LogP contribution in [0.15, 0.2) is 46.4 Å². The molecule has 4 nitrogen and oxygen atoms in total. The Morgan fingerprint density at radius 1 is 0.778 bits per heavy atom. The molecule has 4 heteroatoms. The summed E-state index contributed by atoms with van der Waals surface area (Å²) in [6.45, 7) is 8.74. The van der Waals surface area contributed by atoms with Crippen LogP contribution in [-0.2, 0) is 0 Å². The van der Waals surface area contributed by atoms with Gasteiger partial charge in [0.05, 0.1) is 16.1 Å². The maximum Gasteiger partial charge on any atom is 0.152 e. The molecule has 1 aliphatic rings. The highest BCUT2D eigenvalue weighted by molar-refractivity contribution is 6.10. The summed E-state index contributed by atoms with van der Waals surface area (Å²) in [6, 6.07) is 11.1. The van der Waals surface area contributed by atoms with Crippen molar-refractivity contribution in [1.29, 1.82) is 0 Å². The Balaban J connectivity index is 2.09. The summed E-state index contributed by atoms with van der Waals surface area (Å²) >= 11 is 0. The van der Waals surface area contributed by atoms with E-state index < -0.39 is 5.66 Å². The fourth-order valence-corrected chi connectivity index (χ4v) is 4.43. The van der Waals surface area contributed by atoms with Crippen LogP contribution < -0.4 is 10.7 Å². The number of nitrogens with zero attached hydrogens (tertiary/aromatic N) is 2. The molecule has 27 heavy (non-hydrogen) atoms. The predicted molar refractivity (Wildman–Crippen MR) is 109 cm³/mol. The third kappa shape index (κ3) is 2.84. The number of rotatable bonds is 4. The van der Waals surface area contributed by atoms with E-state index in [1.807, 2.05) is 36.4 Å². The lowest BCUT2D eigenvalue weighted by molar-refractivity contribution is 0.296. The molecule has 3 aromatic rings. The first-order valence-corrected chi connectivity index (χ1v) is 9.66. The van der Waals surface area contributed by atoms with Crippen LogP contribution >= 0.6 is 0 Å². The van der Waals surface area contributed by atoms with Crippen LogP contribution in [-0.4, -0.2) is 15.9 Å². The molecule has 0 unspecified atom stereocenters. The smallest absolute Gasteiger partial charge is 0.152 e. The van der Waals surface area contributed by atoms with Gasteiger partial charge >= 0.3 is 0 Å². The molecule has 1 heterocycles. The molecule has 0 saturated heterocycles. The highest BCUT2D eigenvalue weighted by Crippen LogP contribution is 2.40. The lowest BCUT2D eigenvalue weighted by Crippen LogP contribution is -2.27. The van der Waals surface area contributed by atoms with Crippen LogP contribution in [0, 0.1) is 11.8 Å². The number of hydrogen-bond donors (Lipinski definition) is 2. The van der Waals surface area contributed by atoms with Crippen molar-refractivity contribution in [2.24, 2.45) is 21.8 Å². The van der Waals surface area contributed by atoms with Gasteiger partial charge in [0.1, 0.15) is 11.5 Å². The molecule has 0 atom stereocenters. The second kappa shape index (κ2) is 6.22. The first kappa shape index (κ1) is 17.8. The summed E-state index contributed by atoms with van der Waals surface area (Å²) in [4.78, 5) is 10.1. The number of aromatic hydroxyl groups is 2. The van der Waals surface area contributed by atoms with Crippen molar-refractivity contribution in [3.05, 3.63) is 47.1 Å². The topological polar surface area (TPSA) is 65.2 Å². The van der Waals surface area contributed by atoms with E-state index in [4.69, 9.17) is 9.98 Å². The third-order valence-corrected chi connectivity index (χ3v) is 5.20. The van der Waals surface area contributed by atoms with Crippen molar-refractivity contribution >= 4 is 21.5 Å². The Morgan fingerprint density at radius 2 is 1.37 bits per heavy atom. The average molecular weight is 362 g/mol. The monoisotopic (exact) mass is 362 g/mol.